The lowest BCUT2D eigenvalue weighted by atomic mass is 10.2. The van der Waals surface area contributed by atoms with Crippen LogP contribution in [0.3, 0.4) is 0 Å². The molecule has 0 N–H and O–H groups in total. The van der Waals surface area contributed by atoms with Gasteiger partial charge in [-0.1, -0.05) is 36.0 Å². The minimum atomic E-state index is -0.897. The van der Waals surface area contributed by atoms with Crippen LogP contribution in [0.5, 0.6) is 0 Å². The Hall–Kier alpha value is -2.08. The second-order valence-electron chi connectivity index (χ2n) is 4.05. The molecule has 0 aliphatic rings. The molecule has 22 heavy (non-hydrogen) atoms. The van der Waals surface area contributed by atoms with Gasteiger partial charge >= 0.3 is 11.9 Å². The summed E-state index contributed by atoms with van der Waals surface area (Å²) < 4.78 is 9.58. The number of carbonyl (C=O) groups is 3. The first-order chi connectivity index (χ1) is 10.6. The van der Waals surface area contributed by atoms with E-state index in [2.05, 4.69) is 4.74 Å². The van der Waals surface area contributed by atoms with Crippen LogP contribution < -0.4 is 0 Å². The van der Waals surface area contributed by atoms with Gasteiger partial charge in [0.1, 0.15) is 0 Å². The van der Waals surface area contributed by atoms with E-state index in [1.54, 1.807) is 13.8 Å². The summed E-state index contributed by atoms with van der Waals surface area (Å²) >= 11 is 1.19. The van der Waals surface area contributed by atoms with Crippen LogP contribution in [0.25, 0.3) is 0 Å². The molecular weight excluding hydrogens is 304 g/mol. The molecule has 0 aliphatic carbocycles. The Morgan fingerprint density at radius 2 is 1.59 bits per heavy atom. The fourth-order valence-corrected chi connectivity index (χ4v) is 2.32. The van der Waals surface area contributed by atoms with Crippen molar-refractivity contribution >= 4 is 29.5 Å². The highest BCUT2D eigenvalue weighted by molar-refractivity contribution is 8.04. The van der Waals surface area contributed by atoms with Crippen molar-refractivity contribution in [1.29, 1.82) is 0 Å². The van der Waals surface area contributed by atoms with Gasteiger partial charge in [-0.3, -0.25) is 4.79 Å². The zero-order chi connectivity index (χ0) is 16.4. The SMILES string of the molecule is CCOC(=O)C(=O)CC=C(Sc1ccccc1)C(=O)OCC. The standard InChI is InChI=1S/C16H18O5S/c1-3-20-15(18)13(17)10-11-14(16(19)21-4-2)22-12-8-6-5-7-9-12/h5-9,11H,3-4,10H2,1-2H3. The number of ether oxygens (including phenoxy) is 2. The topological polar surface area (TPSA) is 69.7 Å². The van der Waals surface area contributed by atoms with Gasteiger partial charge in [0.15, 0.2) is 0 Å². The van der Waals surface area contributed by atoms with E-state index in [4.69, 9.17) is 4.74 Å². The molecule has 118 valence electrons. The van der Waals surface area contributed by atoms with Crippen molar-refractivity contribution in [1.82, 2.24) is 0 Å². The van der Waals surface area contributed by atoms with Crippen molar-refractivity contribution in [2.45, 2.75) is 25.2 Å². The summed E-state index contributed by atoms with van der Waals surface area (Å²) in [5.74, 6) is -2.11. The Kier molecular flexibility index (Phi) is 7.99. The average molecular weight is 322 g/mol. The van der Waals surface area contributed by atoms with Gasteiger partial charge in [0.05, 0.1) is 18.1 Å². The van der Waals surface area contributed by atoms with Crippen LogP contribution in [0.4, 0.5) is 0 Å². The molecule has 0 aliphatic heterocycles. The van der Waals surface area contributed by atoms with Crippen LogP contribution in [-0.2, 0) is 23.9 Å². The molecule has 1 rings (SSSR count). The third kappa shape index (κ3) is 6.13. The molecule has 0 atom stereocenters. The number of rotatable bonds is 8. The number of thioether (sulfide) groups is 1. The number of hydrogen-bond donors (Lipinski definition) is 0. The van der Waals surface area contributed by atoms with Crippen LogP contribution in [0.15, 0.2) is 46.2 Å². The summed E-state index contributed by atoms with van der Waals surface area (Å²) in [6, 6.07) is 9.22. The van der Waals surface area contributed by atoms with E-state index in [1.165, 1.54) is 17.8 Å². The van der Waals surface area contributed by atoms with E-state index in [-0.39, 0.29) is 24.5 Å². The van der Waals surface area contributed by atoms with Crippen LogP contribution in [0.1, 0.15) is 20.3 Å². The van der Waals surface area contributed by atoms with Crippen molar-refractivity contribution in [3.05, 3.63) is 41.3 Å². The van der Waals surface area contributed by atoms with Crippen LogP contribution in [-0.4, -0.2) is 30.9 Å². The van der Waals surface area contributed by atoms with E-state index in [0.717, 1.165) is 4.90 Å². The first-order valence-corrected chi connectivity index (χ1v) is 7.70. The van der Waals surface area contributed by atoms with Gasteiger partial charge in [0.2, 0.25) is 5.78 Å². The Labute approximate surface area is 133 Å². The maximum absolute atomic E-state index is 11.9. The van der Waals surface area contributed by atoms with E-state index in [9.17, 15) is 14.4 Å². The Morgan fingerprint density at radius 1 is 1.00 bits per heavy atom. The Balaban J connectivity index is 2.81. The highest BCUT2D eigenvalue weighted by Crippen LogP contribution is 2.27. The van der Waals surface area contributed by atoms with Crippen molar-refractivity contribution in [2.75, 3.05) is 13.2 Å². The zero-order valence-corrected chi connectivity index (χ0v) is 13.4. The predicted octanol–water partition coefficient (Wildman–Crippen LogP) is 2.75. The van der Waals surface area contributed by atoms with Gasteiger partial charge in [-0.25, -0.2) is 9.59 Å². The fraction of sp³-hybridized carbons (Fsp3) is 0.312. The number of Topliss-reactive ketones (excluding diaryl/α,β-unsaturated/α-hetero) is 1. The number of allylic oxidation sites excluding steroid dienone is 1. The minimum absolute atomic E-state index is 0.137. The molecule has 1 aromatic rings. The van der Waals surface area contributed by atoms with Crippen LogP contribution in [0, 0.1) is 0 Å². The maximum Gasteiger partial charge on any atom is 0.374 e. The molecule has 0 unspecified atom stereocenters. The molecule has 0 radical (unpaired) electrons. The molecule has 5 nitrogen and oxygen atoms in total. The summed E-state index contributed by atoms with van der Waals surface area (Å²) in [5, 5.41) is 0. The molecule has 1 aromatic carbocycles. The summed E-state index contributed by atoms with van der Waals surface area (Å²) in [4.78, 5) is 35.9. The lowest BCUT2D eigenvalue weighted by molar-refractivity contribution is -0.153. The molecule has 0 saturated carbocycles. The summed E-state index contributed by atoms with van der Waals surface area (Å²) in [7, 11) is 0. The van der Waals surface area contributed by atoms with Gasteiger partial charge in [0, 0.05) is 11.3 Å². The smallest absolute Gasteiger partial charge is 0.374 e. The number of carbonyl (C=O) groups excluding carboxylic acids is 3. The quantitative estimate of drug-likeness (QED) is 0.317. The van der Waals surface area contributed by atoms with Crippen LogP contribution >= 0.6 is 11.8 Å². The number of hydrogen-bond acceptors (Lipinski definition) is 6. The number of esters is 2. The summed E-state index contributed by atoms with van der Waals surface area (Å²) in [5.41, 5.74) is 0. The van der Waals surface area contributed by atoms with Crippen molar-refractivity contribution in [3.63, 3.8) is 0 Å². The van der Waals surface area contributed by atoms with E-state index in [0.29, 0.717) is 0 Å². The number of benzene rings is 1. The molecule has 0 heterocycles. The predicted molar refractivity (Wildman–Crippen MR) is 83.3 cm³/mol. The molecule has 0 bridgehead atoms. The number of ketones is 1. The van der Waals surface area contributed by atoms with Gasteiger partial charge in [-0.05, 0) is 26.0 Å². The van der Waals surface area contributed by atoms with Gasteiger partial charge in [0.25, 0.3) is 0 Å². The fourth-order valence-electron chi connectivity index (χ4n) is 1.46. The Bertz CT molecular complexity index is 551. The average Bonchev–Trinajstić information content (AvgIpc) is 2.52. The lowest BCUT2D eigenvalue weighted by Gasteiger charge is -2.06. The second kappa shape index (κ2) is 9.78. The zero-order valence-electron chi connectivity index (χ0n) is 12.5. The second-order valence-corrected chi connectivity index (χ2v) is 5.17. The summed E-state index contributed by atoms with van der Waals surface area (Å²) in [6.07, 6.45) is 1.20. The summed E-state index contributed by atoms with van der Waals surface area (Å²) in [6.45, 7) is 3.69. The van der Waals surface area contributed by atoms with Crippen molar-refractivity contribution in [3.8, 4) is 0 Å². The highest BCUT2D eigenvalue weighted by atomic mass is 32.2. The van der Waals surface area contributed by atoms with Crippen molar-refractivity contribution < 1.29 is 23.9 Å². The molecule has 0 amide bonds. The van der Waals surface area contributed by atoms with E-state index >= 15 is 0 Å². The van der Waals surface area contributed by atoms with Gasteiger partial charge in [-0.2, -0.15) is 0 Å². The maximum atomic E-state index is 11.9. The molecule has 0 fully saturated rings. The van der Waals surface area contributed by atoms with E-state index < -0.39 is 17.7 Å². The molecule has 0 aromatic heterocycles. The van der Waals surface area contributed by atoms with Crippen LogP contribution in [0.2, 0.25) is 0 Å². The normalized spacial score (nSPS) is 10.9. The third-order valence-corrected chi connectivity index (χ3v) is 3.48. The lowest BCUT2D eigenvalue weighted by Crippen LogP contribution is -2.16. The molecule has 6 heteroatoms. The first kappa shape index (κ1) is 18.0. The molecule has 0 spiro atoms. The largest absolute Gasteiger partial charge is 0.462 e. The van der Waals surface area contributed by atoms with Gasteiger partial charge < -0.3 is 9.47 Å². The minimum Gasteiger partial charge on any atom is -0.462 e. The first-order valence-electron chi connectivity index (χ1n) is 6.88. The Morgan fingerprint density at radius 3 is 2.18 bits per heavy atom. The monoisotopic (exact) mass is 322 g/mol. The van der Waals surface area contributed by atoms with Crippen molar-refractivity contribution in [2.24, 2.45) is 0 Å². The highest BCUT2D eigenvalue weighted by Gasteiger charge is 2.17. The molecular formula is C16H18O5S. The molecule has 0 saturated heterocycles. The third-order valence-electron chi connectivity index (χ3n) is 2.42. The van der Waals surface area contributed by atoms with Gasteiger partial charge in [-0.15, -0.1) is 0 Å². The van der Waals surface area contributed by atoms with E-state index in [1.807, 2.05) is 30.3 Å².